The fourth-order valence-corrected chi connectivity index (χ4v) is 4.24. The molecule has 1 amide bonds. The molecule has 5 heteroatoms. The average Bonchev–Trinajstić information content (AvgIpc) is 2.85. The standard InChI is InChI=1S/C27H20ClNO2S/c28-22-15-16-25(24(17-22)26(30)20-7-3-1-4-8-20)29-27(31)21-13-11-19(12-14-21)18-32-23-9-5-2-6-10-23/h1-17H,18H2,(H,29,31). The third kappa shape index (κ3) is 5.47. The summed E-state index contributed by atoms with van der Waals surface area (Å²) < 4.78 is 0. The number of thioether (sulfide) groups is 1. The minimum atomic E-state index is -0.281. The molecule has 158 valence electrons. The van der Waals surface area contributed by atoms with Crippen LogP contribution in [0.5, 0.6) is 0 Å². The molecule has 0 unspecified atom stereocenters. The van der Waals surface area contributed by atoms with Gasteiger partial charge in [-0.15, -0.1) is 11.8 Å². The van der Waals surface area contributed by atoms with E-state index in [4.69, 9.17) is 11.6 Å². The van der Waals surface area contributed by atoms with Gasteiger partial charge in [-0.05, 0) is 48.0 Å². The fourth-order valence-electron chi connectivity index (χ4n) is 3.19. The van der Waals surface area contributed by atoms with Crippen LogP contribution in [0.15, 0.2) is 108 Å². The van der Waals surface area contributed by atoms with Crippen molar-refractivity contribution in [3.63, 3.8) is 0 Å². The molecule has 0 radical (unpaired) electrons. The number of carbonyl (C=O) groups is 2. The Bertz CT molecular complexity index is 1230. The predicted octanol–water partition coefficient (Wildman–Crippen LogP) is 7.12. The van der Waals surface area contributed by atoms with Gasteiger partial charge in [-0.25, -0.2) is 0 Å². The lowest BCUT2D eigenvalue weighted by Gasteiger charge is -2.12. The first-order valence-corrected chi connectivity index (χ1v) is 11.4. The molecule has 0 saturated carbocycles. The fraction of sp³-hybridized carbons (Fsp3) is 0.0370. The summed E-state index contributed by atoms with van der Waals surface area (Å²) in [5.74, 6) is 0.340. The first-order chi connectivity index (χ1) is 15.6. The molecule has 0 aromatic heterocycles. The molecule has 32 heavy (non-hydrogen) atoms. The molecule has 4 aromatic rings. The lowest BCUT2D eigenvalue weighted by Crippen LogP contribution is -2.15. The summed E-state index contributed by atoms with van der Waals surface area (Å²) >= 11 is 7.87. The van der Waals surface area contributed by atoms with Gasteiger partial charge in [-0.2, -0.15) is 0 Å². The molecular weight excluding hydrogens is 438 g/mol. The predicted molar refractivity (Wildman–Crippen MR) is 132 cm³/mol. The van der Waals surface area contributed by atoms with Crippen LogP contribution in [-0.4, -0.2) is 11.7 Å². The normalized spacial score (nSPS) is 10.5. The molecule has 0 aliphatic rings. The van der Waals surface area contributed by atoms with Crippen molar-refractivity contribution in [1.29, 1.82) is 0 Å². The lowest BCUT2D eigenvalue weighted by molar-refractivity contribution is 0.102. The number of amides is 1. The quantitative estimate of drug-likeness (QED) is 0.237. The first-order valence-electron chi connectivity index (χ1n) is 10.1. The van der Waals surface area contributed by atoms with E-state index in [1.807, 2.05) is 36.4 Å². The van der Waals surface area contributed by atoms with E-state index >= 15 is 0 Å². The van der Waals surface area contributed by atoms with Crippen LogP contribution < -0.4 is 5.32 Å². The maximum absolute atomic E-state index is 13.0. The van der Waals surface area contributed by atoms with Gasteiger partial charge in [0, 0.05) is 32.4 Å². The Balaban J connectivity index is 1.47. The van der Waals surface area contributed by atoms with Crippen molar-refractivity contribution >= 4 is 40.7 Å². The minimum Gasteiger partial charge on any atom is -0.321 e. The van der Waals surface area contributed by atoms with Gasteiger partial charge < -0.3 is 5.32 Å². The molecule has 0 heterocycles. The van der Waals surface area contributed by atoms with E-state index in [1.54, 1.807) is 66.4 Å². The summed E-state index contributed by atoms with van der Waals surface area (Å²) in [4.78, 5) is 27.0. The maximum atomic E-state index is 13.0. The number of nitrogens with one attached hydrogen (secondary N) is 1. The number of anilines is 1. The summed E-state index contributed by atoms with van der Waals surface area (Å²) in [5, 5.41) is 3.29. The van der Waals surface area contributed by atoms with E-state index in [-0.39, 0.29) is 11.7 Å². The second kappa shape index (κ2) is 10.3. The molecule has 4 aromatic carbocycles. The zero-order valence-corrected chi connectivity index (χ0v) is 18.7. The highest BCUT2D eigenvalue weighted by molar-refractivity contribution is 7.98. The van der Waals surface area contributed by atoms with Crippen molar-refractivity contribution in [1.82, 2.24) is 0 Å². The second-order valence-corrected chi connectivity index (χ2v) is 8.62. The molecule has 0 atom stereocenters. The summed E-state index contributed by atoms with van der Waals surface area (Å²) in [5.41, 5.74) is 2.96. The molecule has 0 fully saturated rings. The number of halogens is 1. The third-order valence-corrected chi connectivity index (χ3v) is 6.19. The highest BCUT2D eigenvalue weighted by atomic mass is 35.5. The Morgan fingerprint density at radius 3 is 2.09 bits per heavy atom. The monoisotopic (exact) mass is 457 g/mol. The average molecular weight is 458 g/mol. The molecule has 0 bridgehead atoms. The van der Waals surface area contributed by atoms with Crippen LogP contribution in [0.4, 0.5) is 5.69 Å². The van der Waals surface area contributed by atoms with Gasteiger partial charge >= 0.3 is 0 Å². The molecule has 0 aliphatic heterocycles. The molecule has 0 saturated heterocycles. The maximum Gasteiger partial charge on any atom is 0.255 e. The summed E-state index contributed by atoms with van der Waals surface area (Å²) in [6.45, 7) is 0. The van der Waals surface area contributed by atoms with Crippen LogP contribution in [0.3, 0.4) is 0 Å². The van der Waals surface area contributed by atoms with E-state index in [1.165, 1.54) is 4.90 Å². The van der Waals surface area contributed by atoms with Gasteiger partial charge in [0.1, 0.15) is 0 Å². The van der Waals surface area contributed by atoms with Crippen molar-refractivity contribution in [2.24, 2.45) is 0 Å². The summed E-state index contributed by atoms with van der Waals surface area (Å²) in [6, 6.07) is 31.5. The van der Waals surface area contributed by atoms with Crippen LogP contribution in [0.2, 0.25) is 5.02 Å². The zero-order chi connectivity index (χ0) is 22.3. The Kier molecular flexibility index (Phi) is 7.05. The molecular formula is C27H20ClNO2S. The number of hydrogen-bond donors (Lipinski definition) is 1. The number of ketones is 1. The van der Waals surface area contributed by atoms with Gasteiger partial charge in [-0.3, -0.25) is 9.59 Å². The highest BCUT2D eigenvalue weighted by Gasteiger charge is 2.16. The van der Waals surface area contributed by atoms with E-state index in [0.29, 0.717) is 27.4 Å². The van der Waals surface area contributed by atoms with E-state index < -0.39 is 0 Å². The van der Waals surface area contributed by atoms with E-state index in [2.05, 4.69) is 17.4 Å². The SMILES string of the molecule is O=C(Nc1ccc(Cl)cc1C(=O)c1ccccc1)c1ccc(CSc2ccccc2)cc1. The number of benzene rings is 4. The van der Waals surface area contributed by atoms with Crippen LogP contribution in [-0.2, 0) is 5.75 Å². The molecule has 1 N–H and O–H groups in total. The molecule has 0 aliphatic carbocycles. The molecule has 3 nitrogen and oxygen atoms in total. The first kappa shape index (κ1) is 21.9. The third-order valence-electron chi connectivity index (χ3n) is 4.88. The largest absolute Gasteiger partial charge is 0.321 e. The Morgan fingerprint density at radius 1 is 0.750 bits per heavy atom. The molecule has 4 rings (SSSR count). The van der Waals surface area contributed by atoms with Gasteiger partial charge in [0.25, 0.3) is 5.91 Å². The van der Waals surface area contributed by atoms with Crippen molar-refractivity contribution in [2.75, 3.05) is 5.32 Å². The van der Waals surface area contributed by atoms with Gasteiger partial charge in [0.05, 0.1) is 5.69 Å². The molecule has 0 spiro atoms. The highest BCUT2D eigenvalue weighted by Crippen LogP contribution is 2.25. The topological polar surface area (TPSA) is 46.2 Å². The van der Waals surface area contributed by atoms with Crippen LogP contribution in [0.1, 0.15) is 31.8 Å². The number of hydrogen-bond acceptors (Lipinski definition) is 3. The summed E-state index contributed by atoms with van der Waals surface area (Å²) in [6.07, 6.45) is 0. The van der Waals surface area contributed by atoms with Crippen LogP contribution >= 0.6 is 23.4 Å². The minimum absolute atomic E-state index is 0.198. The summed E-state index contributed by atoms with van der Waals surface area (Å²) in [7, 11) is 0. The van der Waals surface area contributed by atoms with Gasteiger partial charge in [0.2, 0.25) is 0 Å². The van der Waals surface area contributed by atoms with Crippen molar-refractivity contribution in [3.8, 4) is 0 Å². The van der Waals surface area contributed by atoms with Crippen LogP contribution in [0, 0.1) is 0 Å². The zero-order valence-electron chi connectivity index (χ0n) is 17.1. The second-order valence-electron chi connectivity index (χ2n) is 7.14. The van der Waals surface area contributed by atoms with Crippen molar-refractivity contribution < 1.29 is 9.59 Å². The lowest BCUT2D eigenvalue weighted by atomic mass is 10.0. The number of rotatable bonds is 7. The number of carbonyl (C=O) groups excluding carboxylic acids is 2. The Hall–Kier alpha value is -3.34. The van der Waals surface area contributed by atoms with Crippen molar-refractivity contribution in [2.45, 2.75) is 10.6 Å². The van der Waals surface area contributed by atoms with Crippen molar-refractivity contribution in [3.05, 3.63) is 130 Å². The van der Waals surface area contributed by atoms with E-state index in [9.17, 15) is 9.59 Å². The van der Waals surface area contributed by atoms with Gasteiger partial charge in [-0.1, -0.05) is 72.3 Å². The van der Waals surface area contributed by atoms with Crippen LogP contribution in [0.25, 0.3) is 0 Å². The Morgan fingerprint density at radius 2 is 1.41 bits per heavy atom. The van der Waals surface area contributed by atoms with Gasteiger partial charge in [0.15, 0.2) is 5.78 Å². The Labute approximate surface area is 196 Å². The smallest absolute Gasteiger partial charge is 0.255 e. The van der Waals surface area contributed by atoms with E-state index in [0.717, 1.165) is 11.3 Å².